The highest BCUT2D eigenvalue weighted by molar-refractivity contribution is 7.89. The lowest BCUT2D eigenvalue weighted by molar-refractivity contribution is -0.123. The second kappa shape index (κ2) is 8.91. The second-order valence-electron chi connectivity index (χ2n) is 8.40. The molecule has 1 fully saturated rings. The number of carbonyl (C=O) groups excluding carboxylic acids is 2. The van der Waals surface area contributed by atoms with E-state index in [1.807, 2.05) is 19.1 Å². The van der Waals surface area contributed by atoms with Crippen molar-refractivity contribution in [2.75, 3.05) is 36.5 Å². The highest BCUT2D eigenvalue weighted by Gasteiger charge is 2.32. The minimum atomic E-state index is -3.70. The SMILES string of the molecule is Cc1ccc(NC(=O)CN2C(=O)COc3ccc(S(=O)(=O)N4CCC(C)CC4)cc32)cc1. The van der Waals surface area contributed by atoms with Gasteiger partial charge in [0.15, 0.2) is 6.61 Å². The molecule has 0 radical (unpaired) electrons. The van der Waals surface area contributed by atoms with Gasteiger partial charge in [0.05, 0.1) is 10.6 Å². The van der Waals surface area contributed by atoms with Gasteiger partial charge >= 0.3 is 0 Å². The first-order valence-corrected chi connectivity index (χ1v) is 12.1. The number of piperidine rings is 1. The zero-order valence-electron chi connectivity index (χ0n) is 18.2. The van der Waals surface area contributed by atoms with Crippen LogP contribution in [-0.4, -0.2) is 50.8 Å². The Morgan fingerprint density at radius 2 is 1.81 bits per heavy atom. The van der Waals surface area contributed by atoms with Crippen LogP contribution >= 0.6 is 0 Å². The zero-order valence-corrected chi connectivity index (χ0v) is 19.0. The highest BCUT2D eigenvalue weighted by atomic mass is 32.2. The van der Waals surface area contributed by atoms with Crippen LogP contribution in [0.25, 0.3) is 0 Å². The summed E-state index contributed by atoms with van der Waals surface area (Å²) in [6, 6.07) is 11.8. The third-order valence-corrected chi connectivity index (χ3v) is 7.79. The largest absolute Gasteiger partial charge is 0.482 e. The minimum Gasteiger partial charge on any atom is -0.482 e. The van der Waals surface area contributed by atoms with Crippen LogP contribution in [0.4, 0.5) is 11.4 Å². The molecule has 0 unspecified atom stereocenters. The Bertz CT molecular complexity index is 1120. The summed E-state index contributed by atoms with van der Waals surface area (Å²) >= 11 is 0. The smallest absolute Gasteiger partial charge is 0.265 e. The zero-order chi connectivity index (χ0) is 22.9. The van der Waals surface area contributed by atoms with Crippen LogP contribution in [0.5, 0.6) is 5.75 Å². The van der Waals surface area contributed by atoms with Crippen molar-refractivity contribution in [3.05, 3.63) is 48.0 Å². The molecule has 0 aliphatic carbocycles. The molecule has 4 rings (SSSR count). The van der Waals surface area contributed by atoms with Crippen LogP contribution in [0.2, 0.25) is 0 Å². The fourth-order valence-electron chi connectivity index (χ4n) is 3.87. The van der Waals surface area contributed by atoms with Gasteiger partial charge in [-0.3, -0.25) is 14.5 Å². The first kappa shape index (κ1) is 22.3. The number of anilines is 2. The molecule has 1 N–H and O–H groups in total. The number of sulfonamides is 1. The van der Waals surface area contributed by atoms with Crippen molar-refractivity contribution in [2.45, 2.75) is 31.6 Å². The molecular weight excluding hydrogens is 430 g/mol. The van der Waals surface area contributed by atoms with Crippen molar-refractivity contribution >= 4 is 33.2 Å². The Kier molecular flexibility index (Phi) is 6.21. The van der Waals surface area contributed by atoms with Crippen molar-refractivity contribution in [3.8, 4) is 5.75 Å². The fourth-order valence-corrected chi connectivity index (χ4v) is 5.36. The number of rotatable bonds is 5. The van der Waals surface area contributed by atoms with Crippen LogP contribution in [0.3, 0.4) is 0 Å². The number of amides is 2. The number of nitrogens with zero attached hydrogens (tertiary/aromatic N) is 2. The van der Waals surface area contributed by atoms with Crippen LogP contribution < -0.4 is 15.0 Å². The Labute approximate surface area is 188 Å². The lowest BCUT2D eigenvalue weighted by atomic mass is 10.0. The molecule has 1 saturated heterocycles. The maximum absolute atomic E-state index is 13.2. The number of nitrogens with one attached hydrogen (secondary N) is 1. The van der Waals surface area contributed by atoms with Crippen LogP contribution in [0.15, 0.2) is 47.4 Å². The average Bonchev–Trinajstić information content (AvgIpc) is 2.77. The predicted octanol–water partition coefficient (Wildman–Crippen LogP) is 2.78. The van der Waals surface area contributed by atoms with E-state index in [0.29, 0.717) is 30.4 Å². The summed E-state index contributed by atoms with van der Waals surface area (Å²) in [5.74, 6) is 0.0868. The molecule has 2 amide bonds. The summed E-state index contributed by atoms with van der Waals surface area (Å²) < 4.78 is 33.3. The van der Waals surface area contributed by atoms with Gasteiger partial charge in [-0.05, 0) is 56.0 Å². The number of hydrogen-bond donors (Lipinski definition) is 1. The molecule has 32 heavy (non-hydrogen) atoms. The van der Waals surface area contributed by atoms with Gasteiger partial charge in [0.25, 0.3) is 5.91 Å². The van der Waals surface area contributed by atoms with E-state index < -0.39 is 15.9 Å². The second-order valence-corrected chi connectivity index (χ2v) is 10.3. The number of fused-ring (bicyclic) bond motifs is 1. The van der Waals surface area contributed by atoms with E-state index in [0.717, 1.165) is 18.4 Å². The Morgan fingerprint density at radius 1 is 1.12 bits per heavy atom. The predicted molar refractivity (Wildman–Crippen MR) is 121 cm³/mol. The average molecular weight is 458 g/mol. The van der Waals surface area contributed by atoms with Crippen molar-refractivity contribution < 1.29 is 22.7 Å². The van der Waals surface area contributed by atoms with Crippen LogP contribution in [0, 0.1) is 12.8 Å². The molecule has 2 aliphatic heterocycles. The van der Waals surface area contributed by atoms with Gasteiger partial charge in [0.2, 0.25) is 15.9 Å². The normalized spacial score (nSPS) is 17.6. The van der Waals surface area contributed by atoms with Crippen LogP contribution in [0.1, 0.15) is 25.3 Å². The molecule has 2 heterocycles. The summed E-state index contributed by atoms with van der Waals surface area (Å²) in [4.78, 5) is 26.5. The Balaban J connectivity index is 1.57. The monoisotopic (exact) mass is 457 g/mol. The van der Waals surface area contributed by atoms with Crippen molar-refractivity contribution in [1.29, 1.82) is 0 Å². The number of hydrogen-bond acceptors (Lipinski definition) is 5. The number of ether oxygens (including phenoxy) is 1. The summed E-state index contributed by atoms with van der Waals surface area (Å²) in [6.45, 7) is 4.56. The van der Waals surface area contributed by atoms with E-state index in [1.165, 1.54) is 21.3 Å². The Hall–Kier alpha value is -2.91. The van der Waals surface area contributed by atoms with Gasteiger partial charge in [0.1, 0.15) is 12.3 Å². The van der Waals surface area contributed by atoms with Gasteiger partial charge in [-0.15, -0.1) is 0 Å². The van der Waals surface area contributed by atoms with E-state index in [1.54, 1.807) is 18.2 Å². The highest BCUT2D eigenvalue weighted by Crippen LogP contribution is 2.35. The number of aryl methyl sites for hydroxylation is 1. The summed E-state index contributed by atoms with van der Waals surface area (Å²) in [5.41, 5.74) is 1.97. The molecule has 0 saturated carbocycles. The number of benzene rings is 2. The van der Waals surface area contributed by atoms with Crippen molar-refractivity contribution in [3.63, 3.8) is 0 Å². The third-order valence-electron chi connectivity index (χ3n) is 5.89. The molecule has 0 bridgehead atoms. The Morgan fingerprint density at radius 3 is 2.50 bits per heavy atom. The van der Waals surface area contributed by atoms with E-state index in [2.05, 4.69) is 12.2 Å². The molecule has 0 aromatic heterocycles. The van der Waals surface area contributed by atoms with Gasteiger partial charge in [0, 0.05) is 18.8 Å². The first-order valence-electron chi connectivity index (χ1n) is 10.7. The van der Waals surface area contributed by atoms with E-state index in [-0.39, 0.29) is 29.6 Å². The molecule has 0 spiro atoms. The van der Waals surface area contributed by atoms with Gasteiger partial charge in [-0.2, -0.15) is 4.31 Å². The van der Waals surface area contributed by atoms with Crippen molar-refractivity contribution in [2.24, 2.45) is 5.92 Å². The third kappa shape index (κ3) is 4.63. The van der Waals surface area contributed by atoms with E-state index in [4.69, 9.17) is 4.74 Å². The first-order chi connectivity index (χ1) is 15.2. The quantitative estimate of drug-likeness (QED) is 0.745. The molecule has 8 nitrogen and oxygen atoms in total. The van der Waals surface area contributed by atoms with E-state index >= 15 is 0 Å². The number of carbonyl (C=O) groups is 2. The molecule has 2 aromatic rings. The topological polar surface area (TPSA) is 96.0 Å². The van der Waals surface area contributed by atoms with Crippen LogP contribution in [-0.2, 0) is 19.6 Å². The maximum atomic E-state index is 13.2. The van der Waals surface area contributed by atoms with Gasteiger partial charge < -0.3 is 10.1 Å². The van der Waals surface area contributed by atoms with Gasteiger partial charge in [-0.1, -0.05) is 24.6 Å². The maximum Gasteiger partial charge on any atom is 0.265 e. The summed E-state index contributed by atoms with van der Waals surface area (Å²) in [7, 11) is -3.70. The lowest BCUT2D eigenvalue weighted by Crippen LogP contribution is -2.43. The standard InChI is InChI=1S/C23H27N3O5S/c1-16-3-5-18(6-4-16)24-22(27)14-26-20-13-19(7-8-21(20)31-15-23(26)28)32(29,30)25-11-9-17(2)10-12-25/h3-8,13,17H,9-12,14-15H2,1-2H3,(H,24,27). The molecule has 9 heteroatoms. The van der Waals surface area contributed by atoms with Gasteiger partial charge in [-0.25, -0.2) is 8.42 Å². The minimum absolute atomic E-state index is 0.0908. The van der Waals surface area contributed by atoms with E-state index in [9.17, 15) is 18.0 Å². The lowest BCUT2D eigenvalue weighted by Gasteiger charge is -2.31. The summed E-state index contributed by atoms with van der Waals surface area (Å²) in [6.07, 6.45) is 1.63. The van der Waals surface area contributed by atoms with Crippen molar-refractivity contribution in [1.82, 2.24) is 4.31 Å². The fraction of sp³-hybridized carbons (Fsp3) is 0.391. The summed E-state index contributed by atoms with van der Waals surface area (Å²) in [5, 5.41) is 2.77. The molecular formula is C23H27N3O5S. The molecule has 2 aromatic carbocycles. The molecule has 2 aliphatic rings. The molecule has 170 valence electrons. The molecule has 0 atom stereocenters.